The van der Waals surface area contributed by atoms with Gasteiger partial charge in [0.1, 0.15) is 0 Å². The molecule has 8 nitrogen and oxygen atoms in total. The molecule has 0 aliphatic heterocycles. The van der Waals surface area contributed by atoms with Crippen molar-refractivity contribution in [3.8, 4) is 0 Å². The van der Waals surface area contributed by atoms with Crippen LogP contribution in [0.25, 0.3) is 0 Å². The van der Waals surface area contributed by atoms with Crippen molar-refractivity contribution in [2.24, 2.45) is 5.92 Å². The fourth-order valence-electron chi connectivity index (χ4n) is 2.24. The molecule has 0 fully saturated rings. The largest absolute Gasteiger partial charge is 0.451 e. The minimum absolute atomic E-state index is 0.0878. The third-order valence-electron chi connectivity index (χ3n) is 3.36. The molecular weight excluding hydrogens is 322 g/mol. The van der Waals surface area contributed by atoms with E-state index in [9.17, 15) is 4.79 Å². The summed E-state index contributed by atoms with van der Waals surface area (Å²) in [4.78, 5) is 16.2. The number of esters is 1. The lowest BCUT2D eigenvalue weighted by molar-refractivity contribution is 0.0422. The molecule has 0 saturated heterocycles. The fourth-order valence-corrected chi connectivity index (χ4v) is 2.24. The maximum absolute atomic E-state index is 12.0. The Morgan fingerprint density at radius 3 is 2.84 bits per heavy atom. The monoisotopic (exact) mass is 341 g/mol. The van der Waals surface area contributed by atoms with Crippen molar-refractivity contribution in [1.82, 2.24) is 25.1 Å². The fraction of sp³-hybridized carbons (Fsp3) is 0.353. The van der Waals surface area contributed by atoms with Crippen LogP contribution in [0.5, 0.6) is 0 Å². The van der Waals surface area contributed by atoms with Gasteiger partial charge in [0.05, 0.1) is 12.7 Å². The third kappa shape index (κ3) is 4.72. The van der Waals surface area contributed by atoms with E-state index in [4.69, 9.17) is 9.26 Å². The van der Waals surface area contributed by atoms with Crippen LogP contribution in [0, 0.1) is 5.92 Å². The minimum atomic E-state index is -0.581. The SMILES string of the molecule is CC(C)Cc1noc(COC(=O)c2cn(Cc3ccccc3)nn2)n1. The normalized spacial score (nSPS) is 11.0. The van der Waals surface area contributed by atoms with Crippen LogP contribution in [0.2, 0.25) is 0 Å². The molecule has 0 atom stereocenters. The van der Waals surface area contributed by atoms with Crippen LogP contribution in [0.3, 0.4) is 0 Å². The highest BCUT2D eigenvalue weighted by molar-refractivity contribution is 5.86. The van der Waals surface area contributed by atoms with E-state index in [1.165, 1.54) is 0 Å². The van der Waals surface area contributed by atoms with E-state index >= 15 is 0 Å². The predicted molar refractivity (Wildman–Crippen MR) is 87.5 cm³/mol. The van der Waals surface area contributed by atoms with Crippen molar-refractivity contribution in [1.29, 1.82) is 0 Å². The molecule has 3 aromatic rings. The second-order valence-corrected chi connectivity index (χ2v) is 6.07. The molecule has 25 heavy (non-hydrogen) atoms. The van der Waals surface area contributed by atoms with Crippen LogP contribution in [0.4, 0.5) is 0 Å². The molecular formula is C17H19N5O3. The summed E-state index contributed by atoms with van der Waals surface area (Å²) in [6.45, 7) is 4.57. The van der Waals surface area contributed by atoms with E-state index in [1.807, 2.05) is 30.3 Å². The van der Waals surface area contributed by atoms with Crippen molar-refractivity contribution >= 4 is 5.97 Å². The molecule has 0 bridgehead atoms. The summed E-state index contributed by atoms with van der Waals surface area (Å²) in [6.07, 6.45) is 2.26. The Kier molecular flexibility index (Phi) is 5.17. The lowest BCUT2D eigenvalue weighted by Gasteiger charge is -1.99. The number of ether oxygens (including phenoxy) is 1. The zero-order chi connectivity index (χ0) is 17.6. The summed E-state index contributed by atoms with van der Waals surface area (Å²) >= 11 is 0. The maximum Gasteiger partial charge on any atom is 0.361 e. The number of benzene rings is 1. The van der Waals surface area contributed by atoms with Gasteiger partial charge in [-0.05, 0) is 11.5 Å². The first-order chi connectivity index (χ1) is 12.1. The second kappa shape index (κ2) is 7.69. The van der Waals surface area contributed by atoms with Gasteiger partial charge in [-0.3, -0.25) is 0 Å². The molecule has 8 heteroatoms. The molecule has 3 rings (SSSR count). The summed E-state index contributed by atoms with van der Waals surface area (Å²) in [5.74, 6) is 0.714. The molecule has 130 valence electrons. The first-order valence-corrected chi connectivity index (χ1v) is 8.03. The van der Waals surface area contributed by atoms with Gasteiger partial charge >= 0.3 is 5.97 Å². The molecule has 0 unspecified atom stereocenters. The smallest absolute Gasteiger partial charge is 0.361 e. The van der Waals surface area contributed by atoms with E-state index in [0.717, 1.165) is 5.56 Å². The summed E-state index contributed by atoms with van der Waals surface area (Å²) in [7, 11) is 0. The van der Waals surface area contributed by atoms with Crippen LogP contribution < -0.4 is 0 Å². The van der Waals surface area contributed by atoms with Gasteiger partial charge in [-0.25, -0.2) is 9.48 Å². The molecule has 0 radical (unpaired) electrons. The number of hydrogen-bond acceptors (Lipinski definition) is 7. The number of hydrogen-bond donors (Lipinski definition) is 0. The average Bonchev–Trinajstić information content (AvgIpc) is 3.23. The second-order valence-electron chi connectivity index (χ2n) is 6.07. The van der Waals surface area contributed by atoms with Crippen LogP contribution in [-0.4, -0.2) is 31.1 Å². The number of nitrogens with zero attached hydrogens (tertiary/aromatic N) is 5. The topological polar surface area (TPSA) is 95.9 Å². The first kappa shape index (κ1) is 16.8. The molecule has 2 heterocycles. The summed E-state index contributed by atoms with van der Waals surface area (Å²) < 4.78 is 11.8. The van der Waals surface area contributed by atoms with Gasteiger partial charge in [-0.1, -0.05) is 54.5 Å². The Morgan fingerprint density at radius 1 is 1.28 bits per heavy atom. The Balaban J connectivity index is 1.54. The van der Waals surface area contributed by atoms with E-state index in [0.29, 0.717) is 24.7 Å². The van der Waals surface area contributed by atoms with Crippen molar-refractivity contribution < 1.29 is 14.1 Å². The number of carbonyl (C=O) groups excluding carboxylic acids is 1. The van der Waals surface area contributed by atoms with E-state index < -0.39 is 5.97 Å². The van der Waals surface area contributed by atoms with E-state index in [-0.39, 0.29) is 18.2 Å². The van der Waals surface area contributed by atoms with Crippen molar-refractivity contribution in [2.75, 3.05) is 0 Å². The van der Waals surface area contributed by atoms with Gasteiger partial charge in [-0.15, -0.1) is 5.10 Å². The Labute approximate surface area is 144 Å². The highest BCUT2D eigenvalue weighted by Gasteiger charge is 2.15. The number of carbonyl (C=O) groups is 1. The highest BCUT2D eigenvalue weighted by Crippen LogP contribution is 2.07. The van der Waals surface area contributed by atoms with Crippen LogP contribution in [0.15, 0.2) is 41.1 Å². The zero-order valence-electron chi connectivity index (χ0n) is 14.1. The zero-order valence-corrected chi connectivity index (χ0v) is 14.1. The van der Waals surface area contributed by atoms with Crippen molar-refractivity contribution in [3.63, 3.8) is 0 Å². The molecule has 2 aromatic heterocycles. The molecule has 0 saturated carbocycles. The number of rotatable bonds is 7. The first-order valence-electron chi connectivity index (χ1n) is 8.03. The van der Waals surface area contributed by atoms with Crippen molar-refractivity contribution in [3.05, 3.63) is 59.5 Å². The van der Waals surface area contributed by atoms with Crippen LogP contribution in [-0.2, 0) is 24.3 Å². The van der Waals surface area contributed by atoms with Gasteiger partial charge in [0, 0.05) is 6.42 Å². The van der Waals surface area contributed by atoms with Gasteiger partial charge < -0.3 is 9.26 Å². The van der Waals surface area contributed by atoms with Crippen molar-refractivity contribution in [2.45, 2.75) is 33.4 Å². The van der Waals surface area contributed by atoms with Gasteiger partial charge in [0.15, 0.2) is 18.1 Å². The summed E-state index contributed by atoms with van der Waals surface area (Å²) in [6, 6.07) is 9.78. The summed E-state index contributed by atoms with van der Waals surface area (Å²) in [5, 5.41) is 11.6. The Morgan fingerprint density at radius 2 is 2.08 bits per heavy atom. The molecule has 0 amide bonds. The lowest BCUT2D eigenvalue weighted by Crippen LogP contribution is -2.06. The Bertz CT molecular complexity index is 826. The molecule has 0 aliphatic carbocycles. The maximum atomic E-state index is 12.0. The lowest BCUT2D eigenvalue weighted by atomic mass is 10.1. The number of aromatic nitrogens is 5. The molecule has 0 aliphatic rings. The van der Waals surface area contributed by atoms with Crippen LogP contribution >= 0.6 is 0 Å². The molecule has 1 aromatic carbocycles. The van der Waals surface area contributed by atoms with E-state index in [1.54, 1.807) is 10.9 Å². The van der Waals surface area contributed by atoms with E-state index in [2.05, 4.69) is 34.3 Å². The van der Waals surface area contributed by atoms with Crippen LogP contribution in [0.1, 0.15) is 41.6 Å². The van der Waals surface area contributed by atoms with Gasteiger partial charge in [0.25, 0.3) is 5.89 Å². The molecule has 0 N–H and O–H groups in total. The van der Waals surface area contributed by atoms with Gasteiger partial charge in [-0.2, -0.15) is 4.98 Å². The third-order valence-corrected chi connectivity index (χ3v) is 3.36. The standard InChI is InChI=1S/C17H19N5O3/c1-12(2)8-15-18-16(25-20-15)11-24-17(23)14-10-22(21-19-14)9-13-6-4-3-5-7-13/h3-7,10,12H,8-9,11H2,1-2H3. The highest BCUT2D eigenvalue weighted by atomic mass is 16.6. The molecule has 0 spiro atoms. The Hall–Kier alpha value is -3.03. The quantitative estimate of drug-likeness (QED) is 0.608. The summed E-state index contributed by atoms with van der Waals surface area (Å²) in [5.41, 5.74) is 1.20. The minimum Gasteiger partial charge on any atom is -0.451 e. The predicted octanol–water partition coefficient (Wildman–Crippen LogP) is 2.26. The average molecular weight is 341 g/mol. The van der Waals surface area contributed by atoms with Gasteiger partial charge in [0.2, 0.25) is 0 Å².